The molecule has 184 valence electrons. The first-order chi connectivity index (χ1) is 17.3. The summed E-state index contributed by atoms with van der Waals surface area (Å²) < 4.78 is 18.2. The average molecular weight is 509 g/mol. The van der Waals surface area contributed by atoms with Crippen LogP contribution in [0.1, 0.15) is 12.0 Å². The van der Waals surface area contributed by atoms with Gasteiger partial charge < -0.3 is 20.3 Å². The zero-order valence-electron chi connectivity index (χ0n) is 19.0. The highest BCUT2D eigenvalue weighted by Crippen LogP contribution is 2.34. The highest BCUT2D eigenvalue weighted by atomic mass is 32.2. The van der Waals surface area contributed by atoms with Crippen molar-refractivity contribution in [3.05, 3.63) is 78.1 Å². The Hall–Kier alpha value is -4.38. The molecule has 3 N–H and O–H groups in total. The van der Waals surface area contributed by atoms with E-state index in [-0.39, 0.29) is 34.7 Å². The molecule has 3 aromatic rings. The summed E-state index contributed by atoms with van der Waals surface area (Å²) in [6, 6.07) is 15.9. The van der Waals surface area contributed by atoms with E-state index in [9.17, 15) is 24.2 Å². The maximum absolute atomic E-state index is 13.2. The number of amides is 2. The smallest absolute Gasteiger partial charge is 0.247 e. The van der Waals surface area contributed by atoms with Crippen LogP contribution in [0.3, 0.4) is 0 Å². The van der Waals surface area contributed by atoms with Crippen molar-refractivity contribution < 1.29 is 28.9 Å². The number of thioether (sulfide) groups is 1. The number of rotatable bonds is 7. The van der Waals surface area contributed by atoms with E-state index in [0.29, 0.717) is 16.9 Å². The van der Waals surface area contributed by atoms with Crippen LogP contribution in [-0.4, -0.2) is 45.8 Å². The molecule has 1 atom stereocenters. The summed E-state index contributed by atoms with van der Waals surface area (Å²) in [6.07, 6.45) is 1.29. The number of phenols is 2. The van der Waals surface area contributed by atoms with E-state index in [0.717, 1.165) is 11.8 Å². The lowest BCUT2D eigenvalue weighted by Gasteiger charge is -2.16. The molecular formula is C25H21FN4O5S. The van der Waals surface area contributed by atoms with Crippen molar-refractivity contribution in [2.75, 3.05) is 17.3 Å². The number of nitrogens with zero attached hydrogens (tertiary/aromatic N) is 3. The van der Waals surface area contributed by atoms with Gasteiger partial charge in [-0.1, -0.05) is 11.8 Å². The third-order valence-corrected chi connectivity index (χ3v) is 6.22. The van der Waals surface area contributed by atoms with E-state index >= 15 is 0 Å². The Morgan fingerprint density at radius 2 is 1.86 bits per heavy atom. The quantitative estimate of drug-likeness (QED) is 0.326. The molecule has 2 amide bonds. The van der Waals surface area contributed by atoms with E-state index in [1.165, 1.54) is 60.7 Å². The van der Waals surface area contributed by atoms with Crippen molar-refractivity contribution in [2.45, 2.75) is 11.7 Å². The SMILES string of the molecule is COc1cc(C=NN=C2SC(CC(=O)Nc3ccc(F)cc3)C(=O)N2c2ccc(O)cc2)ccc1O. The Bertz CT molecular complexity index is 1330. The summed E-state index contributed by atoms with van der Waals surface area (Å²) >= 11 is 1.08. The third kappa shape index (κ3) is 5.81. The van der Waals surface area contributed by atoms with Gasteiger partial charge in [-0.05, 0) is 72.3 Å². The second-order valence-corrected chi connectivity index (χ2v) is 8.78. The number of halogens is 1. The summed E-state index contributed by atoms with van der Waals surface area (Å²) in [5, 5.41) is 29.7. The molecule has 36 heavy (non-hydrogen) atoms. The van der Waals surface area contributed by atoms with Gasteiger partial charge in [-0.25, -0.2) is 4.39 Å². The molecule has 0 bridgehead atoms. The summed E-state index contributed by atoms with van der Waals surface area (Å²) in [5.74, 6) is -0.926. The Labute approximate surface area is 209 Å². The third-order valence-electron chi connectivity index (χ3n) is 5.10. The molecule has 0 radical (unpaired) electrons. The van der Waals surface area contributed by atoms with Gasteiger partial charge in [0.2, 0.25) is 11.8 Å². The van der Waals surface area contributed by atoms with Gasteiger partial charge in [0, 0.05) is 12.1 Å². The fraction of sp³-hybridized carbons (Fsp3) is 0.120. The normalized spacial score (nSPS) is 16.6. The number of amidine groups is 1. The Kier molecular flexibility index (Phi) is 7.50. The molecule has 3 aromatic carbocycles. The Morgan fingerprint density at radius 3 is 2.56 bits per heavy atom. The number of carbonyl (C=O) groups excluding carboxylic acids is 2. The van der Waals surface area contributed by atoms with Crippen molar-refractivity contribution in [2.24, 2.45) is 10.2 Å². The number of ether oxygens (including phenoxy) is 1. The van der Waals surface area contributed by atoms with Crippen molar-refractivity contribution in [1.82, 2.24) is 0 Å². The molecule has 9 nitrogen and oxygen atoms in total. The number of benzene rings is 3. The van der Waals surface area contributed by atoms with Crippen LogP contribution >= 0.6 is 11.8 Å². The van der Waals surface area contributed by atoms with E-state index in [1.807, 2.05) is 0 Å². The van der Waals surface area contributed by atoms with E-state index in [1.54, 1.807) is 24.3 Å². The number of aromatic hydroxyl groups is 2. The summed E-state index contributed by atoms with van der Waals surface area (Å²) in [6.45, 7) is 0. The van der Waals surface area contributed by atoms with Gasteiger partial charge in [0.25, 0.3) is 0 Å². The van der Waals surface area contributed by atoms with Crippen molar-refractivity contribution in [1.29, 1.82) is 0 Å². The largest absolute Gasteiger partial charge is 0.508 e. The molecule has 1 aliphatic rings. The summed E-state index contributed by atoms with van der Waals surface area (Å²) in [4.78, 5) is 27.1. The van der Waals surface area contributed by atoms with E-state index < -0.39 is 17.0 Å². The number of methoxy groups -OCH3 is 1. The number of hydrogen-bond donors (Lipinski definition) is 3. The highest BCUT2D eigenvalue weighted by Gasteiger charge is 2.40. The molecule has 0 spiro atoms. The van der Waals surface area contributed by atoms with Crippen LogP contribution < -0.4 is 15.0 Å². The molecule has 4 rings (SSSR count). The maximum Gasteiger partial charge on any atom is 0.247 e. The molecule has 1 unspecified atom stereocenters. The monoisotopic (exact) mass is 508 g/mol. The first-order valence-corrected chi connectivity index (χ1v) is 11.5. The van der Waals surface area contributed by atoms with Crippen LogP contribution in [0.5, 0.6) is 17.2 Å². The fourth-order valence-corrected chi connectivity index (χ4v) is 4.43. The standard InChI is InChI=1S/C25H21FN4O5S/c1-35-21-12-15(2-11-20(21)32)14-27-29-25-30(18-7-9-19(31)10-8-18)24(34)22(36-25)13-23(33)28-17-5-3-16(26)4-6-17/h2-12,14,22,31-32H,13H2,1H3,(H,28,33). The molecule has 0 saturated carbocycles. The molecule has 11 heteroatoms. The summed E-state index contributed by atoms with van der Waals surface area (Å²) in [5.41, 5.74) is 1.47. The fourth-order valence-electron chi connectivity index (χ4n) is 3.34. The van der Waals surface area contributed by atoms with Crippen molar-refractivity contribution in [3.8, 4) is 17.2 Å². The summed E-state index contributed by atoms with van der Waals surface area (Å²) in [7, 11) is 1.43. The lowest BCUT2D eigenvalue weighted by Crippen LogP contribution is -2.33. The lowest BCUT2D eigenvalue weighted by atomic mass is 10.2. The van der Waals surface area contributed by atoms with Gasteiger partial charge in [0.05, 0.1) is 19.0 Å². The minimum atomic E-state index is -0.776. The second kappa shape index (κ2) is 10.9. The van der Waals surface area contributed by atoms with Gasteiger partial charge >= 0.3 is 0 Å². The molecule has 0 aliphatic carbocycles. The molecule has 1 heterocycles. The molecule has 1 saturated heterocycles. The first-order valence-electron chi connectivity index (χ1n) is 10.7. The van der Waals surface area contributed by atoms with Gasteiger partial charge in [0.1, 0.15) is 16.8 Å². The lowest BCUT2D eigenvalue weighted by molar-refractivity contribution is -0.121. The van der Waals surface area contributed by atoms with Crippen molar-refractivity contribution in [3.63, 3.8) is 0 Å². The molecule has 1 fully saturated rings. The van der Waals surface area contributed by atoms with E-state index in [4.69, 9.17) is 4.74 Å². The first kappa shape index (κ1) is 24.7. The van der Waals surface area contributed by atoms with E-state index in [2.05, 4.69) is 15.5 Å². The van der Waals surface area contributed by atoms with Crippen LogP contribution in [0.2, 0.25) is 0 Å². The zero-order chi connectivity index (χ0) is 25.7. The molecular weight excluding hydrogens is 487 g/mol. The Morgan fingerprint density at radius 1 is 1.14 bits per heavy atom. The van der Waals surface area contributed by atoms with Gasteiger partial charge in [-0.3, -0.25) is 14.5 Å². The van der Waals surface area contributed by atoms with Crippen LogP contribution in [0.15, 0.2) is 76.9 Å². The number of hydrogen-bond acceptors (Lipinski definition) is 8. The minimum Gasteiger partial charge on any atom is -0.508 e. The highest BCUT2D eigenvalue weighted by molar-refractivity contribution is 8.16. The van der Waals surface area contributed by atoms with Gasteiger partial charge in [-0.15, -0.1) is 5.10 Å². The Balaban J connectivity index is 1.55. The van der Waals surface area contributed by atoms with Gasteiger partial charge in [0.15, 0.2) is 16.7 Å². The van der Waals surface area contributed by atoms with Crippen LogP contribution in [0.25, 0.3) is 0 Å². The number of carbonyl (C=O) groups is 2. The number of nitrogens with one attached hydrogen (secondary N) is 1. The predicted molar refractivity (Wildman–Crippen MR) is 136 cm³/mol. The molecule has 1 aliphatic heterocycles. The van der Waals surface area contributed by atoms with Crippen molar-refractivity contribution >= 4 is 46.3 Å². The number of phenolic OH excluding ortho intramolecular Hbond substituents is 2. The predicted octanol–water partition coefficient (Wildman–Crippen LogP) is 4.11. The minimum absolute atomic E-state index is 0.0156. The average Bonchev–Trinajstić information content (AvgIpc) is 3.16. The zero-order valence-corrected chi connectivity index (χ0v) is 19.8. The maximum atomic E-state index is 13.2. The van der Waals surface area contributed by atoms with Crippen LogP contribution in [-0.2, 0) is 9.59 Å². The van der Waals surface area contributed by atoms with Crippen LogP contribution in [0, 0.1) is 5.82 Å². The van der Waals surface area contributed by atoms with Crippen LogP contribution in [0.4, 0.5) is 15.8 Å². The second-order valence-electron chi connectivity index (χ2n) is 7.61. The number of anilines is 2. The molecule has 0 aromatic heterocycles. The topological polar surface area (TPSA) is 124 Å². The van der Waals surface area contributed by atoms with Gasteiger partial charge in [-0.2, -0.15) is 5.10 Å².